The Labute approximate surface area is 104 Å². The molecule has 6 heteroatoms. The number of aromatic nitrogens is 3. The largest absolute Gasteiger partial charge is 0.296 e. The van der Waals surface area contributed by atoms with E-state index in [9.17, 15) is 4.79 Å². The first kappa shape index (κ1) is 11.8. The molecule has 1 heterocycles. The molecule has 0 spiro atoms. The summed E-state index contributed by atoms with van der Waals surface area (Å²) < 4.78 is 1.56. The molecule has 17 heavy (non-hydrogen) atoms. The Hall–Kier alpha value is -1.69. The van der Waals surface area contributed by atoms with Gasteiger partial charge in [0.05, 0.1) is 0 Å². The molecule has 2 N–H and O–H groups in total. The van der Waals surface area contributed by atoms with Crippen LogP contribution >= 0.6 is 12.2 Å². The Kier molecular flexibility index (Phi) is 3.53. The van der Waals surface area contributed by atoms with Gasteiger partial charge in [-0.25, -0.2) is 0 Å². The number of nitrogens with zero attached hydrogens (tertiary/aromatic N) is 2. The number of hydrogen-bond donors (Lipinski definition) is 2. The number of aromatic amines is 1. The highest BCUT2D eigenvalue weighted by Gasteiger charge is 2.03. The van der Waals surface area contributed by atoms with Gasteiger partial charge >= 0.3 is 0 Å². The highest BCUT2D eigenvalue weighted by Crippen LogP contribution is 2.15. The Balaban J connectivity index is 2.25. The lowest BCUT2D eigenvalue weighted by Crippen LogP contribution is -2.30. The molecule has 0 radical (unpaired) electrons. The summed E-state index contributed by atoms with van der Waals surface area (Å²) >= 11 is 5.01. The fraction of sp³-hybridized carbons (Fsp3) is 0.364. The number of hydrogen-bond acceptors (Lipinski definition) is 4. The van der Waals surface area contributed by atoms with E-state index in [1.54, 1.807) is 6.92 Å². The van der Waals surface area contributed by atoms with Gasteiger partial charge in [-0.1, -0.05) is 12.2 Å². The van der Waals surface area contributed by atoms with Crippen molar-refractivity contribution in [3.05, 3.63) is 44.7 Å². The zero-order valence-electron chi connectivity index (χ0n) is 9.56. The maximum atomic E-state index is 11.8. The Morgan fingerprint density at radius 2 is 2.41 bits per heavy atom. The van der Waals surface area contributed by atoms with E-state index in [1.807, 2.05) is 6.20 Å². The molecule has 90 valence electrons. The van der Waals surface area contributed by atoms with Gasteiger partial charge in [0.1, 0.15) is 5.69 Å². The zero-order chi connectivity index (χ0) is 12.3. The van der Waals surface area contributed by atoms with Gasteiger partial charge in [-0.3, -0.25) is 15.3 Å². The lowest BCUT2D eigenvalue weighted by molar-refractivity contribution is 0.751. The van der Waals surface area contributed by atoms with E-state index >= 15 is 0 Å². The van der Waals surface area contributed by atoms with E-state index in [0.29, 0.717) is 5.69 Å². The topological polar surface area (TPSA) is 62.7 Å². The Morgan fingerprint density at radius 3 is 3.12 bits per heavy atom. The van der Waals surface area contributed by atoms with Gasteiger partial charge in [0.2, 0.25) is 4.77 Å². The van der Waals surface area contributed by atoms with Gasteiger partial charge in [-0.15, -0.1) is 0 Å². The molecule has 0 saturated carbocycles. The number of aryl methyl sites for hydroxylation is 1. The SMILES string of the molecule is Cc1n[nH]c(=S)n(N/C=C2\CC=CCC2)c1=O. The quantitative estimate of drug-likeness (QED) is 0.620. The molecule has 5 nitrogen and oxygen atoms in total. The van der Waals surface area contributed by atoms with Crippen molar-refractivity contribution in [3.63, 3.8) is 0 Å². The Bertz CT molecular complexity index is 582. The van der Waals surface area contributed by atoms with Crippen LogP contribution in [-0.2, 0) is 0 Å². The fourth-order valence-electron chi connectivity index (χ4n) is 1.61. The summed E-state index contributed by atoms with van der Waals surface area (Å²) in [5.74, 6) is 0. The lowest BCUT2D eigenvalue weighted by Gasteiger charge is -2.10. The molecular formula is C11H14N4OS. The first-order valence-electron chi connectivity index (χ1n) is 5.46. The standard InChI is InChI=1S/C11H14N4OS/c1-8-10(16)15(11(17)14-13-8)12-7-9-5-3-2-4-6-9/h2-3,7,12H,4-6H2,1H3,(H,14,17)/b9-7+. The van der Waals surface area contributed by atoms with E-state index < -0.39 is 0 Å². The summed E-state index contributed by atoms with van der Waals surface area (Å²) in [7, 11) is 0. The third-order valence-electron chi connectivity index (χ3n) is 2.61. The van der Waals surface area contributed by atoms with E-state index in [1.165, 1.54) is 10.2 Å². The minimum atomic E-state index is -0.225. The molecule has 0 bridgehead atoms. The molecule has 0 aromatic carbocycles. The number of nitrogens with one attached hydrogen (secondary N) is 2. The second kappa shape index (κ2) is 5.09. The van der Waals surface area contributed by atoms with Crippen molar-refractivity contribution in [3.8, 4) is 0 Å². The van der Waals surface area contributed by atoms with E-state index in [4.69, 9.17) is 12.2 Å². The predicted octanol–water partition coefficient (Wildman–Crippen LogP) is 1.78. The van der Waals surface area contributed by atoms with Crippen molar-refractivity contribution >= 4 is 12.2 Å². The lowest BCUT2D eigenvalue weighted by atomic mass is 10.0. The molecule has 0 atom stereocenters. The smallest absolute Gasteiger partial charge is 0.294 e. The van der Waals surface area contributed by atoms with Crippen molar-refractivity contribution in [1.29, 1.82) is 0 Å². The van der Waals surface area contributed by atoms with Crippen molar-refractivity contribution in [2.75, 3.05) is 5.43 Å². The van der Waals surface area contributed by atoms with Crippen LogP contribution in [0.25, 0.3) is 0 Å². The average molecular weight is 250 g/mol. The number of allylic oxidation sites excluding steroid dienone is 3. The predicted molar refractivity (Wildman–Crippen MR) is 68.9 cm³/mol. The maximum absolute atomic E-state index is 11.8. The minimum absolute atomic E-state index is 0.225. The van der Waals surface area contributed by atoms with Gasteiger partial charge in [0.15, 0.2) is 0 Å². The van der Waals surface area contributed by atoms with E-state index in [0.717, 1.165) is 19.3 Å². The molecule has 2 rings (SSSR count). The van der Waals surface area contributed by atoms with Gasteiger partial charge < -0.3 is 0 Å². The molecule has 0 unspecified atom stereocenters. The van der Waals surface area contributed by atoms with Crippen LogP contribution in [0.1, 0.15) is 25.0 Å². The summed E-state index contributed by atoms with van der Waals surface area (Å²) in [6.07, 6.45) is 9.10. The van der Waals surface area contributed by atoms with Crippen LogP contribution in [0.2, 0.25) is 0 Å². The van der Waals surface area contributed by atoms with Crippen LogP contribution < -0.4 is 11.0 Å². The molecule has 1 aromatic heterocycles. The minimum Gasteiger partial charge on any atom is -0.296 e. The van der Waals surface area contributed by atoms with Crippen LogP contribution in [0, 0.1) is 11.7 Å². The first-order valence-corrected chi connectivity index (χ1v) is 5.87. The second-order valence-corrected chi connectivity index (χ2v) is 4.29. The van der Waals surface area contributed by atoms with E-state index in [2.05, 4.69) is 27.8 Å². The van der Waals surface area contributed by atoms with Crippen LogP contribution in [0.15, 0.2) is 28.7 Å². The normalized spacial score (nSPS) is 17.4. The summed E-state index contributed by atoms with van der Waals surface area (Å²) in [5.41, 5.74) is 4.34. The average Bonchev–Trinajstić information content (AvgIpc) is 2.35. The summed E-state index contributed by atoms with van der Waals surface area (Å²) in [6, 6.07) is 0. The molecule has 1 aliphatic carbocycles. The highest BCUT2D eigenvalue weighted by atomic mass is 32.1. The maximum Gasteiger partial charge on any atom is 0.294 e. The van der Waals surface area contributed by atoms with Crippen LogP contribution in [0.5, 0.6) is 0 Å². The fourth-order valence-corrected chi connectivity index (χ4v) is 1.79. The molecule has 0 fully saturated rings. The molecule has 0 aliphatic heterocycles. The third kappa shape index (κ3) is 2.71. The number of rotatable bonds is 2. The molecule has 1 aromatic rings. The zero-order valence-corrected chi connectivity index (χ0v) is 10.4. The third-order valence-corrected chi connectivity index (χ3v) is 2.89. The van der Waals surface area contributed by atoms with Crippen LogP contribution in [0.4, 0.5) is 0 Å². The second-order valence-electron chi connectivity index (χ2n) is 3.90. The van der Waals surface area contributed by atoms with Gasteiger partial charge in [0.25, 0.3) is 5.56 Å². The van der Waals surface area contributed by atoms with Gasteiger partial charge in [-0.05, 0) is 44.0 Å². The number of H-pyrrole nitrogens is 1. The van der Waals surface area contributed by atoms with Crippen molar-refractivity contribution in [1.82, 2.24) is 14.9 Å². The molecule has 0 saturated heterocycles. The van der Waals surface area contributed by atoms with E-state index in [-0.39, 0.29) is 10.3 Å². The monoisotopic (exact) mass is 250 g/mol. The first-order chi connectivity index (χ1) is 8.18. The summed E-state index contributed by atoms with van der Waals surface area (Å²) in [5, 5.41) is 6.42. The molecular weight excluding hydrogens is 236 g/mol. The van der Waals surface area contributed by atoms with Crippen molar-refractivity contribution in [2.45, 2.75) is 26.2 Å². The molecule has 0 amide bonds. The Morgan fingerprint density at radius 1 is 1.59 bits per heavy atom. The van der Waals surface area contributed by atoms with Crippen LogP contribution in [0.3, 0.4) is 0 Å². The van der Waals surface area contributed by atoms with Crippen molar-refractivity contribution < 1.29 is 0 Å². The van der Waals surface area contributed by atoms with Crippen molar-refractivity contribution in [2.24, 2.45) is 0 Å². The summed E-state index contributed by atoms with van der Waals surface area (Å²) in [6.45, 7) is 1.64. The van der Waals surface area contributed by atoms with Gasteiger partial charge in [0, 0.05) is 6.20 Å². The summed E-state index contributed by atoms with van der Waals surface area (Å²) in [4.78, 5) is 11.8. The van der Waals surface area contributed by atoms with Crippen LogP contribution in [-0.4, -0.2) is 14.9 Å². The molecule has 1 aliphatic rings. The highest BCUT2D eigenvalue weighted by molar-refractivity contribution is 7.71. The van der Waals surface area contributed by atoms with Gasteiger partial charge in [-0.2, -0.15) is 9.77 Å².